The van der Waals surface area contributed by atoms with E-state index < -0.39 is 0 Å². The van der Waals surface area contributed by atoms with Gasteiger partial charge in [0.25, 0.3) is 0 Å². The molecule has 2 nitrogen and oxygen atoms in total. The summed E-state index contributed by atoms with van der Waals surface area (Å²) in [6, 6.07) is 3.71. The second-order valence-electron chi connectivity index (χ2n) is 2.24. The van der Waals surface area contributed by atoms with E-state index in [0.29, 0.717) is 5.15 Å². The molecular formula is C7H6ClNO. The third kappa shape index (κ3) is 1.13. The Morgan fingerprint density at radius 2 is 2.40 bits per heavy atom. The van der Waals surface area contributed by atoms with Gasteiger partial charge >= 0.3 is 0 Å². The first-order valence-electron chi connectivity index (χ1n) is 3.09. The number of aromatic nitrogens is 1. The highest BCUT2D eigenvalue weighted by Gasteiger charge is 2.24. The van der Waals surface area contributed by atoms with Crippen molar-refractivity contribution < 1.29 is 4.74 Å². The smallest absolute Gasteiger partial charge is 0.129 e. The van der Waals surface area contributed by atoms with Crippen molar-refractivity contribution in [3.8, 4) is 0 Å². The van der Waals surface area contributed by atoms with Crippen LogP contribution in [0.15, 0.2) is 18.3 Å². The second-order valence-corrected chi connectivity index (χ2v) is 2.62. The normalized spacial score (nSPS) is 22.7. The van der Waals surface area contributed by atoms with Crippen molar-refractivity contribution in [3.63, 3.8) is 0 Å². The zero-order chi connectivity index (χ0) is 6.97. The number of nitrogens with zero attached hydrogens (tertiary/aromatic N) is 1. The fourth-order valence-electron chi connectivity index (χ4n) is 0.818. The fourth-order valence-corrected chi connectivity index (χ4v) is 0.930. The predicted molar refractivity (Wildman–Crippen MR) is 37.9 cm³/mol. The third-order valence-electron chi connectivity index (χ3n) is 1.46. The largest absolute Gasteiger partial charge is 0.368 e. The Hall–Kier alpha value is -0.600. The fraction of sp³-hybridized carbons (Fsp3) is 0.286. The topological polar surface area (TPSA) is 25.4 Å². The standard InChI is InChI=1S/C7H6ClNO/c8-7-2-1-5(3-9-7)6-4-10-6/h1-3,6H,4H2. The third-order valence-corrected chi connectivity index (χ3v) is 1.68. The SMILES string of the molecule is Clc1ccc(C2CO2)cn1. The van der Waals surface area contributed by atoms with Gasteiger partial charge in [0.05, 0.1) is 6.61 Å². The molecule has 0 spiro atoms. The summed E-state index contributed by atoms with van der Waals surface area (Å²) in [5.41, 5.74) is 1.12. The Balaban J connectivity index is 2.28. The number of rotatable bonds is 1. The Labute approximate surface area is 63.8 Å². The van der Waals surface area contributed by atoms with E-state index in [1.54, 1.807) is 12.3 Å². The maximum atomic E-state index is 5.58. The lowest BCUT2D eigenvalue weighted by atomic mass is 10.2. The molecule has 1 aliphatic heterocycles. The van der Waals surface area contributed by atoms with Gasteiger partial charge in [-0.05, 0) is 6.07 Å². The maximum absolute atomic E-state index is 5.58. The number of halogens is 1. The molecule has 1 unspecified atom stereocenters. The van der Waals surface area contributed by atoms with Gasteiger partial charge in [0.15, 0.2) is 0 Å². The van der Waals surface area contributed by atoms with E-state index in [9.17, 15) is 0 Å². The molecule has 1 atom stereocenters. The van der Waals surface area contributed by atoms with E-state index in [0.717, 1.165) is 12.2 Å². The summed E-state index contributed by atoms with van der Waals surface area (Å²) in [6.45, 7) is 0.823. The molecule has 0 aliphatic carbocycles. The second kappa shape index (κ2) is 2.22. The first kappa shape index (κ1) is 6.13. The molecule has 0 aromatic carbocycles. The summed E-state index contributed by atoms with van der Waals surface area (Å²) in [7, 11) is 0. The number of epoxide rings is 1. The molecule has 1 aliphatic rings. The minimum absolute atomic E-state index is 0.282. The molecule has 1 aromatic heterocycles. The monoisotopic (exact) mass is 155 g/mol. The van der Waals surface area contributed by atoms with Gasteiger partial charge in [0, 0.05) is 11.8 Å². The maximum Gasteiger partial charge on any atom is 0.129 e. The van der Waals surface area contributed by atoms with Crippen molar-refractivity contribution in [2.24, 2.45) is 0 Å². The van der Waals surface area contributed by atoms with Crippen LogP contribution < -0.4 is 0 Å². The van der Waals surface area contributed by atoms with Crippen molar-refractivity contribution in [2.75, 3.05) is 6.61 Å². The molecule has 0 N–H and O–H groups in total. The molecule has 1 aromatic rings. The minimum Gasteiger partial charge on any atom is -0.368 e. The van der Waals surface area contributed by atoms with Crippen molar-refractivity contribution in [2.45, 2.75) is 6.10 Å². The van der Waals surface area contributed by atoms with Gasteiger partial charge in [-0.1, -0.05) is 17.7 Å². The van der Waals surface area contributed by atoms with Crippen LogP contribution in [0.1, 0.15) is 11.7 Å². The first-order chi connectivity index (χ1) is 4.86. The zero-order valence-corrected chi connectivity index (χ0v) is 6.01. The quantitative estimate of drug-likeness (QED) is 0.457. The van der Waals surface area contributed by atoms with Crippen LogP contribution in [0.2, 0.25) is 5.15 Å². The Morgan fingerprint density at radius 3 is 2.90 bits per heavy atom. The summed E-state index contributed by atoms with van der Waals surface area (Å²) in [4.78, 5) is 3.93. The van der Waals surface area contributed by atoms with Crippen LogP contribution in [-0.2, 0) is 4.74 Å². The highest BCUT2D eigenvalue weighted by Crippen LogP contribution is 2.29. The van der Waals surface area contributed by atoms with Gasteiger partial charge < -0.3 is 4.74 Å². The van der Waals surface area contributed by atoms with Crippen LogP contribution in [-0.4, -0.2) is 11.6 Å². The van der Waals surface area contributed by atoms with Crippen molar-refractivity contribution in [1.82, 2.24) is 4.98 Å². The molecule has 0 bridgehead atoms. The highest BCUT2D eigenvalue weighted by molar-refractivity contribution is 6.29. The van der Waals surface area contributed by atoms with Crippen molar-refractivity contribution in [3.05, 3.63) is 29.0 Å². The van der Waals surface area contributed by atoms with Crippen LogP contribution in [0.3, 0.4) is 0 Å². The summed E-state index contributed by atoms with van der Waals surface area (Å²) in [5, 5.41) is 0.532. The molecule has 0 amide bonds. The molecule has 3 heteroatoms. The van der Waals surface area contributed by atoms with E-state index in [2.05, 4.69) is 4.98 Å². The van der Waals surface area contributed by atoms with Crippen LogP contribution in [0.5, 0.6) is 0 Å². The van der Waals surface area contributed by atoms with Crippen LogP contribution in [0.4, 0.5) is 0 Å². The summed E-state index contributed by atoms with van der Waals surface area (Å²) in [5.74, 6) is 0. The lowest BCUT2D eigenvalue weighted by Crippen LogP contribution is -1.81. The number of ether oxygens (including phenoxy) is 1. The molecule has 2 rings (SSSR count). The first-order valence-corrected chi connectivity index (χ1v) is 3.47. The van der Waals surface area contributed by atoms with Gasteiger partial charge in [-0.25, -0.2) is 4.98 Å². The van der Waals surface area contributed by atoms with Gasteiger partial charge in [-0.3, -0.25) is 0 Å². The zero-order valence-electron chi connectivity index (χ0n) is 5.25. The van der Waals surface area contributed by atoms with E-state index in [4.69, 9.17) is 16.3 Å². The van der Waals surface area contributed by atoms with E-state index in [1.165, 1.54) is 0 Å². The van der Waals surface area contributed by atoms with Crippen molar-refractivity contribution in [1.29, 1.82) is 0 Å². The van der Waals surface area contributed by atoms with E-state index >= 15 is 0 Å². The van der Waals surface area contributed by atoms with E-state index in [1.807, 2.05) is 6.07 Å². The van der Waals surface area contributed by atoms with E-state index in [-0.39, 0.29) is 6.10 Å². The summed E-state index contributed by atoms with van der Waals surface area (Å²) >= 11 is 5.58. The molecule has 1 fully saturated rings. The number of pyridine rings is 1. The molecule has 0 saturated carbocycles. The molecule has 10 heavy (non-hydrogen) atoms. The summed E-state index contributed by atoms with van der Waals surface area (Å²) < 4.78 is 5.05. The number of hydrogen-bond donors (Lipinski definition) is 0. The molecule has 1 saturated heterocycles. The van der Waals surface area contributed by atoms with Gasteiger partial charge in [-0.2, -0.15) is 0 Å². The van der Waals surface area contributed by atoms with Crippen LogP contribution >= 0.6 is 11.6 Å². The molecule has 2 heterocycles. The van der Waals surface area contributed by atoms with Gasteiger partial charge in [0.2, 0.25) is 0 Å². The average Bonchev–Trinajstić information content (AvgIpc) is 2.71. The van der Waals surface area contributed by atoms with Gasteiger partial charge in [-0.15, -0.1) is 0 Å². The highest BCUT2D eigenvalue weighted by atomic mass is 35.5. The lowest BCUT2D eigenvalue weighted by Gasteiger charge is -1.92. The Kier molecular flexibility index (Phi) is 1.36. The number of hydrogen-bond acceptors (Lipinski definition) is 2. The van der Waals surface area contributed by atoms with Crippen molar-refractivity contribution >= 4 is 11.6 Å². The molecule has 0 radical (unpaired) electrons. The minimum atomic E-state index is 0.282. The average molecular weight is 156 g/mol. The van der Waals surface area contributed by atoms with Crippen LogP contribution in [0, 0.1) is 0 Å². The van der Waals surface area contributed by atoms with Gasteiger partial charge in [0.1, 0.15) is 11.3 Å². The molecular weight excluding hydrogens is 150 g/mol. The Bertz CT molecular complexity index is 230. The summed E-state index contributed by atoms with van der Waals surface area (Å²) in [6.07, 6.45) is 2.03. The molecule has 52 valence electrons. The predicted octanol–water partition coefficient (Wildman–Crippen LogP) is 1.81. The lowest BCUT2D eigenvalue weighted by molar-refractivity contribution is 0.415. The van der Waals surface area contributed by atoms with Crippen LogP contribution in [0.25, 0.3) is 0 Å². The Morgan fingerprint density at radius 1 is 1.60 bits per heavy atom.